The van der Waals surface area contributed by atoms with E-state index in [0.717, 1.165) is 12.8 Å². The number of hydrogen-bond acceptors (Lipinski definition) is 3. The molecule has 0 heterocycles. The van der Waals surface area contributed by atoms with Crippen LogP contribution in [0.2, 0.25) is 0 Å². The molecule has 0 aromatic heterocycles. The highest BCUT2D eigenvalue weighted by molar-refractivity contribution is 5.76. The maximum Gasteiger partial charge on any atom is 0.221 e. The van der Waals surface area contributed by atoms with Crippen molar-refractivity contribution in [3.63, 3.8) is 0 Å². The lowest BCUT2D eigenvalue weighted by molar-refractivity contribution is -0.122. The molecule has 0 aromatic rings. The molecule has 1 atom stereocenters. The summed E-state index contributed by atoms with van der Waals surface area (Å²) in [5, 5.41) is 12.0. The summed E-state index contributed by atoms with van der Waals surface area (Å²) in [6.45, 7) is 0.702. The molecule has 2 fully saturated rings. The third-order valence-electron chi connectivity index (χ3n) is 3.45. The second kappa shape index (κ2) is 4.49. The monoisotopic (exact) mass is 212 g/mol. The molecule has 2 saturated carbocycles. The Morgan fingerprint density at radius 2 is 2.13 bits per heavy atom. The predicted octanol–water partition coefficient (Wildman–Crippen LogP) is 0.000900. The zero-order valence-electron chi connectivity index (χ0n) is 8.98. The fraction of sp³-hybridized carbons (Fsp3) is 0.909. The maximum atomic E-state index is 11.5. The molecule has 2 aliphatic rings. The molecule has 1 amide bonds. The molecule has 15 heavy (non-hydrogen) atoms. The zero-order valence-corrected chi connectivity index (χ0v) is 8.98. The van der Waals surface area contributed by atoms with Crippen molar-refractivity contribution < 1.29 is 9.90 Å². The molecule has 2 aliphatic carbocycles. The summed E-state index contributed by atoms with van der Waals surface area (Å²) in [7, 11) is 0. The Hall–Kier alpha value is -0.610. The van der Waals surface area contributed by atoms with E-state index in [9.17, 15) is 4.79 Å². The van der Waals surface area contributed by atoms with E-state index < -0.39 is 0 Å². The average molecular weight is 212 g/mol. The quantitative estimate of drug-likeness (QED) is 0.600. The van der Waals surface area contributed by atoms with Gasteiger partial charge < -0.3 is 16.2 Å². The Kier molecular flexibility index (Phi) is 3.26. The van der Waals surface area contributed by atoms with Crippen molar-refractivity contribution in [2.24, 2.45) is 17.6 Å². The summed E-state index contributed by atoms with van der Waals surface area (Å²) in [5.41, 5.74) is 5.85. The van der Waals surface area contributed by atoms with E-state index in [1.54, 1.807) is 0 Å². The molecule has 4 heteroatoms. The third kappa shape index (κ3) is 3.18. The topological polar surface area (TPSA) is 75.4 Å². The highest BCUT2D eigenvalue weighted by atomic mass is 16.3. The molecule has 0 bridgehead atoms. The van der Waals surface area contributed by atoms with E-state index in [4.69, 9.17) is 10.8 Å². The van der Waals surface area contributed by atoms with E-state index in [0.29, 0.717) is 24.8 Å². The molecule has 0 aromatic carbocycles. The molecule has 4 N–H and O–H groups in total. The second-order valence-corrected chi connectivity index (χ2v) is 5.00. The van der Waals surface area contributed by atoms with Gasteiger partial charge in [0, 0.05) is 19.0 Å². The molecule has 86 valence electrons. The van der Waals surface area contributed by atoms with Crippen LogP contribution in [0.4, 0.5) is 0 Å². The first kappa shape index (κ1) is 10.9. The summed E-state index contributed by atoms with van der Waals surface area (Å²) < 4.78 is 0. The number of nitrogens with one attached hydrogen (secondary N) is 1. The summed E-state index contributed by atoms with van der Waals surface area (Å²) in [6.07, 6.45) is 4.34. The first-order valence-electron chi connectivity index (χ1n) is 5.85. The number of aliphatic hydroxyl groups is 1. The highest BCUT2D eigenvalue weighted by Gasteiger charge is 2.30. The van der Waals surface area contributed by atoms with Crippen molar-refractivity contribution in [3.8, 4) is 0 Å². The minimum absolute atomic E-state index is 0.0528. The minimum atomic E-state index is -0.138. The number of rotatable bonds is 5. The molecule has 0 radical (unpaired) electrons. The van der Waals surface area contributed by atoms with E-state index in [1.807, 2.05) is 0 Å². The minimum Gasteiger partial charge on any atom is -0.393 e. The SMILES string of the molecule is NC(CC(=O)NCC1CC(O)C1)C1CC1. The van der Waals surface area contributed by atoms with Gasteiger partial charge in [0.25, 0.3) is 0 Å². The molecule has 0 spiro atoms. The van der Waals surface area contributed by atoms with Gasteiger partial charge in [-0.2, -0.15) is 0 Å². The fourth-order valence-electron chi connectivity index (χ4n) is 2.10. The summed E-state index contributed by atoms with van der Waals surface area (Å²) in [6, 6.07) is 0.0528. The van der Waals surface area contributed by atoms with Crippen LogP contribution < -0.4 is 11.1 Å². The number of nitrogens with two attached hydrogens (primary N) is 1. The number of hydrogen-bond donors (Lipinski definition) is 3. The van der Waals surface area contributed by atoms with E-state index in [-0.39, 0.29) is 18.1 Å². The lowest BCUT2D eigenvalue weighted by atomic mass is 9.82. The number of aliphatic hydroxyl groups excluding tert-OH is 1. The number of amides is 1. The smallest absolute Gasteiger partial charge is 0.221 e. The van der Waals surface area contributed by atoms with E-state index in [2.05, 4.69) is 5.32 Å². The van der Waals surface area contributed by atoms with Gasteiger partial charge in [0.1, 0.15) is 0 Å². The molecule has 0 aliphatic heterocycles. The van der Waals surface area contributed by atoms with E-state index in [1.165, 1.54) is 12.8 Å². The Morgan fingerprint density at radius 3 is 2.67 bits per heavy atom. The van der Waals surface area contributed by atoms with Crippen molar-refractivity contribution in [3.05, 3.63) is 0 Å². The average Bonchev–Trinajstić information content (AvgIpc) is 2.93. The van der Waals surface area contributed by atoms with Crippen molar-refractivity contribution in [1.82, 2.24) is 5.32 Å². The van der Waals surface area contributed by atoms with Crippen LogP contribution in [0.5, 0.6) is 0 Å². The summed E-state index contributed by atoms with van der Waals surface area (Å²) in [4.78, 5) is 11.5. The Balaban J connectivity index is 1.56. The van der Waals surface area contributed by atoms with Crippen LogP contribution in [0.1, 0.15) is 32.1 Å². The largest absolute Gasteiger partial charge is 0.393 e. The Bertz CT molecular complexity index is 235. The van der Waals surface area contributed by atoms with Crippen LogP contribution in [-0.4, -0.2) is 29.7 Å². The van der Waals surface area contributed by atoms with Crippen molar-refractivity contribution in [2.45, 2.75) is 44.2 Å². The second-order valence-electron chi connectivity index (χ2n) is 5.00. The van der Waals surface area contributed by atoms with Crippen LogP contribution >= 0.6 is 0 Å². The van der Waals surface area contributed by atoms with Crippen LogP contribution in [0, 0.1) is 11.8 Å². The summed E-state index contributed by atoms with van der Waals surface area (Å²) >= 11 is 0. The van der Waals surface area contributed by atoms with Gasteiger partial charge in [-0.15, -0.1) is 0 Å². The van der Waals surface area contributed by atoms with Crippen LogP contribution in [-0.2, 0) is 4.79 Å². The van der Waals surface area contributed by atoms with Gasteiger partial charge in [0.05, 0.1) is 6.10 Å². The van der Waals surface area contributed by atoms with Crippen molar-refractivity contribution >= 4 is 5.91 Å². The third-order valence-corrected chi connectivity index (χ3v) is 3.45. The van der Waals surface area contributed by atoms with Crippen molar-refractivity contribution in [1.29, 1.82) is 0 Å². The molecule has 4 nitrogen and oxygen atoms in total. The maximum absolute atomic E-state index is 11.5. The van der Waals surface area contributed by atoms with Gasteiger partial charge in [-0.1, -0.05) is 0 Å². The first-order valence-corrected chi connectivity index (χ1v) is 5.85. The molecular formula is C11H20N2O2. The number of carbonyl (C=O) groups excluding carboxylic acids is 1. The highest BCUT2D eigenvalue weighted by Crippen LogP contribution is 2.32. The van der Waals surface area contributed by atoms with E-state index >= 15 is 0 Å². The molecule has 1 unspecified atom stereocenters. The van der Waals surface area contributed by atoms with Gasteiger partial charge in [-0.3, -0.25) is 4.79 Å². The van der Waals surface area contributed by atoms with Gasteiger partial charge >= 0.3 is 0 Å². The standard InChI is InChI=1S/C11H20N2O2/c12-10(8-1-2-8)5-11(15)13-6-7-3-9(14)4-7/h7-10,14H,1-6,12H2,(H,13,15). The van der Waals surface area contributed by atoms with Crippen LogP contribution in [0.15, 0.2) is 0 Å². The van der Waals surface area contributed by atoms with Crippen LogP contribution in [0.25, 0.3) is 0 Å². The van der Waals surface area contributed by atoms with Gasteiger partial charge in [-0.05, 0) is 37.5 Å². The summed E-state index contributed by atoms with van der Waals surface area (Å²) in [5.74, 6) is 1.12. The number of carbonyl (C=O) groups is 1. The lowest BCUT2D eigenvalue weighted by Crippen LogP contribution is -2.40. The van der Waals surface area contributed by atoms with Gasteiger partial charge in [0.15, 0.2) is 0 Å². The van der Waals surface area contributed by atoms with Gasteiger partial charge in [-0.25, -0.2) is 0 Å². The normalized spacial score (nSPS) is 31.9. The zero-order chi connectivity index (χ0) is 10.8. The lowest BCUT2D eigenvalue weighted by Gasteiger charge is -2.31. The Labute approximate surface area is 90.2 Å². The van der Waals surface area contributed by atoms with Crippen LogP contribution in [0.3, 0.4) is 0 Å². The van der Waals surface area contributed by atoms with Gasteiger partial charge in [0.2, 0.25) is 5.91 Å². The molecular weight excluding hydrogens is 192 g/mol. The molecule has 2 rings (SSSR count). The Morgan fingerprint density at radius 1 is 1.47 bits per heavy atom. The van der Waals surface area contributed by atoms with Crippen molar-refractivity contribution in [2.75, 3.05) is 6.54 Å². The predicted molar refractivity (Wildman–Crippen MR) is 57.1 cm³/mol. The first-order chi connectivity index (χ1) is 7.15. The molecule has 0 saturated heterocycles. The fourth-order valence-corrected chi connectivity index (χ4v) is 2.10.